The van der Waals surface area contributed by atoms with Crippen LogP contribution in [0.3, 0.4) is 0 Å². The quantitative estimate of drug-likeness (QED) is 0.440. The van der Waals surface area contributed by atoms with Gasteiger partial charge in [0.25, 0.3) is 11.1 Å². The molecule has 8 nitrogen and oxygen atoms in total. The van der Waals surface area contributed by atoms with E-state index in [-0.39, 0.29) is 40.1 Å². The highest BCUT2D eigenvalue weighted by atomic mass is 32.2. The van der Waals surface area contributed by atoms with E-state index in [1.165, 1.54) is 24.3 Å². The fraction of sp³-hybridized carbons (Fsp3) is 0.318. The lowest BCUT2D eigenvalue weighted by atomic mass is 10.2. The highest BCUT2D eigenvalue weighted by molar-refractivity contribution is 7.99. The van der Waals surface area contributed by atoms with Crippen molar-refractivity contribution in [3.05, 3.63) is 66.3 Å². The van der Waals surface area contributed by atoms with Crippen molar-refractivity contribution in [1.82, 2.24) is 10.2 Å². The Bertz CT molecular complexity index is 1200. The SMILES string of the molecule is C[C@H](Oc1ccc(F)cc1)c1nnc(SCC(=O)N(c2ccccc2)[C@H]2CCS(=O)(=O)C2)o1. The summed E-state index contributed by atoms with van der Waals surface area (Å²) in [6.07, 6.45) is -0.172. The molecule has 1 aliphatic rings. The average Bonchev–Trinajstić information content (AvgIpc) is 3.41. The molecule has 1 saturated heterocycles. The molecule has 0 N–H and O–H groups in total. The van der Waals surface area contributed by atoms with Crippen molar-refractivity contribution < 1.29 is 26.8 Å². The molecule has 0 bridgehead atoms. The number of thioether (sulfide) groups is 1. The van der Waals surface area contributed by atoms with E-state index in [1.807, 2.05) is 6.07 Å². The summed E-state index contributed by atoms with van der Waals surface area (Å²) >= 11 is 1.07. The summed E-state index contributed by atoms with van der Waals surface area (Å²) in [7, 11) is -3.16. The van der Waals surface area contributed by atoms with E-state index in [1.54, 1.807) is 36.1 Å². The Labute approximate surface area is 195 Å². The van der Waals surface area contributed by atoms with Crippen molar-refractivity contribution in [2.45, 2.75) is 30.7 Å². The van der Waals surface area contributed by atoms with Crippen LogP contribution in [0.2, 0.25) is 0 Å². The molecular formula is C22H22FN3O5S2. The third kappa shape index (κ3) is 5.91. The van der Waals surface area contributed by atoms with Crippen molar-refractivity contribution in [1.29, 1.82) is 0 Å². The van der Waals surface area contributed by atoms with Crippen molar-refractivity contribution in [3.8, 4) is 5.75 Å². The van der Waals surface area contributed by atoms with Gasteiger partial charge in [0, 0.05) is 5.69 Å². The first-order chi connectivity index (χ1) is 15.8. The number of sulfone groups is 1. The summed E-state index contributed by atoms with van der Waals surface area (Å²) in [5.41, 5.74) is 0.651. The predicted molar refractivity (Wildman–Crippen MR) is 121 cm³/mol. The van der Waals surface area contributed by atoms with Crippen molar-refractivity contribution in [3.63, 3.8) is 0 Å². The molecule has 0 unspecified atom stereocenters. The molecular weight excluding hydrogens is 469 g/mol. The normalized spacial score (nSPS) is 18.1. The van der Waals surface area contributed by atoms with Crippen LogP contribution in [0, 0.1) is 5.82 Å². The number of halogens is 1. The van der Waals surface area contributed by atoms with Crippen LogP contribution in [0.25, 0.3) is 0 Å². The van der Waals surface area contributed by atoms with E-state index in [2.05, 4.69) is 10.2 Å². The van der Waals surface area contributed by atoms with Gasteiger partial charge in [-0.25, -0.2) is 12.8 Å². The smallest absolute Gasteiger partial charge is 0.277 e. The Hall–Kier alpha value is -2.92. The maximum atomic E-state index is 13.1. The van der Waals surface area contributed by atoms with Gasteiger partial charge in [-0.1, -0.05) is 30.0 Å². The number of benzene rings is 2. The van der Waals surface area contributed by atoms with Crippen LogP contribution in [-0.4, -0.2) is 47.8 Å². The molecule has 0 radical (unpaired) electrons. The van der Waals surface area contributed by atoms with Gasteiger partial charge in [-0.05, 0) is 49.7 Å². The van der Waals surface area contributed by atoms with Gasteiger partial charge in [0.1, 0.15) is 11.6 Å². The third-order valence-electron chi connectivity index (χ3n) is 5.09. The number of nitrogens with zero attached hydrogens (tertiary/aromatic N) is 3. The maximum absolute atomic E-state index is 13.1. The van der Waals surface area contributed by atoms with Gasteiger partial charge < -0.3 is 14.1 Å². The first-order valence-electron chi connectivity index (χ1n) is 10.3. The lowest BCUT2D eigenvalue weighted by molar-refractivity contribution is -0.116. The van der Waals surface area contributed by atoms with Gasteiger partial charge in [-0.2, -0.15) is 0 Å². The van der Waals surface area contributed by atoms with Gasteiger partial charge in [0.05, 0.1) is 23.3 Å². The van der Waals surface area contributed by atoms with Gasteiger partial charge in [0.2, 0.25) is 5.91 Å². The van der Waals surface area contributed by atoms with Crippen LogP contribution in [0.5, 0.6) is 5.75 Å². The minimum absolute atomic E-state index is 0.000273. The van der Waals surface area contributed by atoms with E-state index in [4.69, 9.17) is 9.15 Å². The Balaban J connectivity index is 1.40. The summed E-state index contributed by atoms with van der Waals surface area (Å²) in [4.78, 5) is 14.6. The lowest BCUT2D eigenvalue weighted by Gasteiger charge is -2.28. The summed E-state index contributed by atoms with van der Waals surface area (Å²) in [6, 6.07) is 14.2. The van der Waals surface area contributed by atoms with Crippen molar-refractivity contribution >= 4 is 33.2 Å². The summed E-state index contributed by atoms with van der Waals surface area (Å²) in [6.45, 7) is 1.72. The van der Waals surface area contributed by atoms with Crippen LogP contribution in [-0.2, 0) is 14.6 Å². The number of amides is 1. The van der Waals surface area contributed by atoms with Crippen LogP contribution >= 0.6 is 11.8 Å². The van der Waals surface area contributed by atoms with E-state index >= 15 is 0 Å². The summed E-state index contributed by atoms with van der Waals surface area (Å²) in [5.74, 6) is 0.0779. The molecule has 1 aromatic heterocycles. The van der Waals surface area contributed by atoms with Crippen LogP contribution in [0.4, 0.5) is 10.1 Å². The monoisotopic (exact) mass is 491 g/mol. The van der Waals surface area contributed by atoms with E-state index in [9.17, 15) is 17.6 Å². The second-order valence-electron chi connectivity index (χ2n) is 7.57. The minimum Gasteiger partial charge on any atom is -0.481 e. The molecule has 1 fully saturated rings. The summed E-state index contributed by atoms with van der Waals surface area (Å²) < 4.78 is 48.3. The molecule has 3 aromatic rings. The second-order valence-corrected chi connectivity index (χ2v) is 10.7. The molecule has 33 heavy (non-hydrogen) atoms. The topological polar surface area (TPSA) is 103 Å². The average molecular weight is 492 g/mol. The van der Waals surface area contributed by atoms with Crippen molar-refractivity contribution in [2.75, 3.05) is 22.2 Å². The van der Waals surface area contributed by atoms with Crippen LogP contribution in [0.15, 0.2) is 64.2 Å². The van der Waals surface area contributed by atoms with Crippen LogP contribution in [0.1, 0.15) is 25.3 Å². The molecule has 174 valence electrons. The fourth-order valence-corrected chi connectivity index (χ4v) is 5.86. The molecule has 0 spiro atoms. The zero-order valence-corrected chi connectivity index (χ0v) is 19.4. The van der Waals surface area contributed by atoms with Crippen LogP contribution < -0.4 is 9.64 Å². The second kappa shape index (κ2) is 9.92. The predicted octanol–water partition coefficient (Wildman–Crippen LogP) is 3.66. The minimum atomic E-state index is -3.16. The van der Waals surface area contributed by atoms with Gasteiger partial charge in [-0.3, -0.25) is 4.79 Å². The molecule has 4 rings (SSSR count). The number of carbonyl (C=O) groups is 1. The molecule has 11 heteroatoms. The number of rotatable bonds is 8. The highest BCUT2D eigenvalue weighted by Crippen LogP contribution is 2.28. The number of hydrogen-bond donors (Lipinski definition) is 0. The highest BCUT2D eigenvalue weighted by Gasteiger charge is 2.35. The molecule has 0 saturated carbocycles. The van der Waals surface area contributed by atoms with Gasteiger partial charge in [-0.15, -0.1) is 10.2 Å². The molecule has 1 amide bonds. The standard InChI is InChI=1S/C22H22FN3O5S2/c1-15(30-19-9-7-16(23)8-10-19)21-24-25-22(31-21)32-13-20(27)26(17-5-3-2-4-6-17)18-11-12-33(28,29)14-18/h2-10,15,18H,11-14H2,1H3/t15-,18-/m0/s1. The number of anilines is 1. The lowest BCUT2D eigenvalue weighted by Crippen LogP contribution is -2.42. The van der Waals surface area contributed by atoms with Crippen molar-refractivity contribution in [2.24, 2.45) is 0 Å². The zero-order chi connectivity index (χ0) is 23.4. The largest absolute Gasteiger partial charge is 0.481 e. The van der Waals surface area contributed by atoms with Gasteiger partial charge >= 0.3 is 0 Å². The Morgan fingerprint density at radius 3 is 2.61 bits per heavy atom. The first-order valence-corrected chi connectivity index (χ1v) is 13.1. The van der Waals surface area contributed by atoms with E-state index in [0.717, 1.165) is 11.8 Å². The molecule has 2 heterocycles. The number of hydrogen-bond acceptors (Lipinski definition) is 8. The molecule has 0 aliphatic carbocycles. The Morgan fingerprint density at radius 1 is 1.21 bits per heavy atom. The fourth-order valence-electron chi connectivity index (χ4n) is 3.53. The molecule has 1 aliphatic heterocycles. The molecule has 2 atom stereocenters. The Morgan fingerprint density at radius 2 is 1.94 bits per heavy atom. The number of ether oxygens (including phenoxy) is 1. The number of aromatic nitrogens is 2. The number of carbonyl (C=O) groups excluding carboxylic acids is 1. The summed E-state index contributed by atoms with van der Waals surface area (Å²) in [5, 5.41) is 8.12. The third-order valence-corrected chi connectivity index (χ3v) is 7.65. The zero-order valence-electron chi connectivity index (χ0n) is 17.8. The Kier molecular flexibility index (Phi) is 6.99. The number of para-hydroxylation sites is 1. The first kappa shape index (κ1) is 23.2. The van der Waals surface area contributed by atoms with E-state index in [0.29, 0.717) is 17.9 Å². The van der Waals surface area contributed by atoms with Gasteiger partial charge in [0.15, 0.2) is 15.9 Å². The maximum Gasteiger partial charge on any atom is 0.277 e. The molecule has 2 aromatic carbocycles. The van der Waals surface area contributed by atoms with E-state index < -0.39 is 22.0 Å².